The first-order valence-electron chi connectivity index (χ1n) is 8.21. The van der Waals surface area contributed by atoms with E-state index in [9.17, 15) is 18.0 Å². The molecule has 9 heteroatoms. The number of carbonyl (C=O) groups is 2. The first-order chi connectivity index (χ1) is 12.3. The fourth-order valence-corrected chi connectivity index (χ4v) is 4.72. The van der Waals surface area contributed by atoms with Gasteiger partial charge in [-0.1, -0.05) is 6.07 Å². The van der Waals surface area contributed by atoms with Gasteiger partial charge in [0.25, 0.3) is 5.91 Å². The van der Waals surface area contributed by atoms with E-state index < -0.39 is 28.3 Å². The van der Waals surface area contributed by atoms with Crippen molar-refractivity contribution in [3.63, 3.8) is 0 Å². The zero-order chi connectivity index (χ0) is 19.3. The van der Waals surface area contributed by atoms with E-state index in [1.54, 1.807) is 25.1 Å². The van der Waals surface area contributed by atoms with Gasteiger partial charge in [0.1, 0.15) is 17.1 Å². The molecule has 2 rings (SSSR count). The summed E-state index contributed by atoms with van der Waals surface area (Å²) in [6, 6.07) is 4.46. The number of esters is 1. The molecule has 8 nitrogen and oxygen atoms in total. The molecule has 1 fully saturated rings. The molecular weight excluding hydrogens is 362 g/mol. The Hall–Kier alpha value is -2.29. The number of amides is 1. The first kappa shape index (κ1) is 20.0. The highest BCUT2D eigenvalue weighted by atomic mass is 32.2. The Bertz CT molecular complexity index is 753. The van der Waals surface area contributed by atoms with Crippen LogP contribution in [0.2, 0.25) is 0 Å². The molecule has 0 aromatic heterocycles. The SMILES string of the molecule is CCN(C(=O)COC(=O)c1c(OC)cccc1OC)C1CCS(=O)(=O)C1. The van der Waals surface area contributed by atoms with Crippen molar-refractivity contribution in [3.05, 3.63) is 23.8 Å². The fraction of sp³-hybridized carbons (Fsp3) is 0.529. The molecule has 1 atom stereocenters. The van der Waals surface area contributed by atoms with E-state index in [0.29, 0.717) is 13.0 Å². The Morgan fingerprint density at radius 3 is 2.27 bits per heavy atom. The Balaban J connectivity index is 2.06. The number of ether oxygens (including phenoxy) is 3. The molecule has 1 aromatic carbocycles. The summed E-state index contributed by atoms with van der Waals surface area (Å²) in [6.07, 6.45) is 0.399. The van der Waals surface area contributed by atoms with Crippen LogP contribution in [0.25, 0.3) is 0 Å². The van der Waals surface area contributed by atoms with E-state index in [1.165, 1.54) is 19.1 Å². The van der Waals surface area contributed by atoms with Crippen molar-refractivity contribution in [2.75, 3.05) is 38.9 Å². The van der Waals surface area contributed by atoms with Crippen molar-refractivity contribution in [3.8, 4) is 11.5 Å². The smallest absolute Gasteiger partial charge is 0.346 e. The third-order valence-corrected chi connectivity index (χ3v) is 6.02. The van der Waals surface area contributed by atoms with Gasteiger partial charge in [0.05, 0.1) is 25.7 Å². The standard InChI is InChI=1S/C17H23NO7S/c1-4-18(12-8-9-26(21,22)11-12)15(19)10-25-17(20)16-13(23-2)6-5-7-14(16)24-3/h5-7,12H,4,8-11H2,1-3H3. The Kier molecular flexibility index (Phi) is 6.47. The van der Waals surface area contributed by atoms with E-state index in [0.717, 1.165) is 0 Å². The quantitative estimate of drug-likeness (QED) is 0.643. The maximum Gasteiger partial charge on any atom is 0.346 e. The van der Waals surface area contributed by atoms with Crippen molar-refractivity contribution < 1.29 is 32.2 Å². The first-order valence-corrected chi connectivity index (χ1v) is 10.0. The van der Waals surface area contributed by atoms with Crippen LogP contribution in [0.15, 0.2) is 18.2 Å². The molecule has 1 aliphatic rings. The van der Waals surface area contributed by atoms with E-state index in [-0.39, 0.29) is 34.6 Å². The monoisotopic (exact) mass is 385 g/mol. The zero-order valence-electron chi connectivity index (χ0n) is 15.1. The van der Waals surface area contributed by atoms with Crippen LogP contribution in [0.5, 0.6) is 11.5 Å². The second-order valence-electron chi connectivity index (χ2n) is 5.85. The summed E-state index contributed by atoms with van der Waals surface area (Å²) in [5, 5.41) is 0. The number of hydrogen-bond donors (Lipinski definition) is 0. The van der Waals surface area contributed by atoms with E-state index >= 15 is 0 Å². The highest BCUT2D eigenvalue weighted by molar-refractivity contribution is 7.91. The van der Waals surface area contributed by atoms with Crippen molar-refractivity contribution in [1.82, 2.24) is 4.90 Å². The minimum atomic E-state index is -3.11. The Morgan fingerprint density at radius 1 is 1.19 bits per heavy atom. The molecule has 0 bridgehead atoms. The number of likely N-dealkylation sites (N-methyl/N-ethyl adjacent to an activating group) is 1. The molecular formula is C17H23NO7S. The van der Waals surface area contributed by atoms with Crippen molar-refractivity contribution in [2.45, 2.75) is 19.4 Å². The highest BCUT2D eigenvalue weighted by Gasteiger charge is 2.34. The summed E-state index contributed by atoms with van der Waals surface area (Å²) < 4.78 is 38.7. The van der Waals surface area contributed by atoms with E-state index in [2.05, 4.69) is 0 Å². The van der Waals surface area contributed by atoms with Gasteiger partial charge in [0.2, 0.25) is 0 Å². The van der Waals surface area contributed by atoms with Crippen LogP contribution in [-0.4, -0.2) is 70.1 Å². The lowest BCUT2D eigenvalue weighted by Crippen LogP contribution is -2.43. The van der Waals surface area contributed by atoms with Crippen molar-refractivity contribution >= 4 is 21.7 Å². The van der Waals surface area contributed by atoms with Crippen LogP contribution < -0.4 is 9.47 Å². The van der Waals surface area contributed by atoms with Gasteiger partial charge >= 0.3 is 5.97 Å². The predicted molar refractivity (Wildman–Crippen MR) is 94.3 cm³/mol. The van der Waals surface area contributed by atoms with Crippen LogP contribution in [0.4, 0.5) is 0 Å². The average molecular weight is 385 g/mol. The molecule has 26 heavy (non-hydrogen) atoms. The topological polar surface area (TPSA) is 99.2 Å². The highest BCUT2D eigenvalue weighted by Crippen LogP contribution is 2.29. The van der Waals surface area contributed by atoms with Crippen molar-refractivity contribution in [1.29, 1.82) is 0 Å². The molecule has 0 N–H and O–H groups in total. The van der Waals surface area contributed by atoms with Gasteiger partial charge in [-0.25, -0.2) is 13.2 Å². The van der Waals surface area contributed by atoms with Crippen LogP contribution in [0, 0.1) is 0 Å². The number of nitrogens with zero attached hydrogens (tertiary/aromatic N) is 1. The third-order valence-electron chi connectivity index (χ3n) is 4.27. The lowest BCUT2D eigenvalue weighted by atomic mass is 10.2. The Morgan fingerprint density at radius 2 is 1.81 bits per heavy atom. The predicted octanol–water partition coefficient (Wildman–Crippen LogP) is 0.896. The van der Waals surface area contributed by atoms with Crippen LogP contribution >= 0.6 is 0 Å². The van der Waals surface area contributed by atoms with Crippen molar-refractivity contribution in [2.24, 2.45) is 0 Å². The number of benzene rings is 1. The summed E-state index contributed by atoms with van der Waals surface area (Å²) in [4.78, 5) is 26.2. The molecule has 1 heterocycles. The minimum absolute atomic E-state index is 0.0547. The maximum absolute atomic E-state index is 12.4. The lowest BCUT2D eigenvalue weighted by molar-refractivity contribution is -0.136. The minimum Gasteiger partial charge on any atom is -0.496 e. The number of methoxy groups -OCH3 is 2. The second-order valence-corrected chi connectivity index (χ2v) is 8.08. The number of rotatable bonds is 7. The fourth-order valence-electron chi connectivity index (χ4n) is 2.99. The molecule has 1 saturated heterocycles. The molecule has 1 amide bonds. The number of sulfone groups is 1. The summed E-state index contributed by atoms with van der Waals surface area (Å²) in [7, 11) is -0.286. The molecule has 1 aromatic rings. The summed E-state index contributed by atoms with van der Waals surface area (Å²) in [5.74, 6) is -0.618. The van der Waals surface area contributed by atoms with Gasteiger partial charge in [0.15, 0.2) is 16.4 Å². The second kappa shape index (κ2) is 8.39. The van der Waals surface area contributed by atoms with Gasteiger partial charge in [-0.2, -0.15) is 0 Å². The average Bonchev–Trinajstić information content (AvgIpc) is 2.98. The number of hydrogen-bond acceptors (Lipinski definition) is 7. The Labute approximate surface area is 152 Å². The van der Waals surface area contributed by atoms with Gasteiger partial charge in [-0.05, 0) is 25.5 Å². The normalized spacial score (nSPS) is 18.2. The summed E-state index contributed by atoms with van der Waals surface area (Å²) in [6.45, 7) is 1.62. The largest absolute Gasteiger partial charge is 0.496 e. The van der Waals surface area contributed by atoms with Crippen LogP contribution in [0.1, 0.15) is 23.7 Å². The molecule has 1 unspecified atom stereocenters. The molecule has 1 aliphatic heterocycles. The molecule has 144 valence electrons. The molecule has 0 spiro atoms. The lowest BCUT2D eigenvalue weighted by Gasteiger charge is -2.26. The van der Waals surface area contributed by atoms with Crippen LogP contribution in [0.3, 0.4) is 0 Å². The molecule has 0 radical (unpaired) electrons. The third kappa shape index (κ3) is 4.46. The van der Waals surface area contributed by atoms with E-state index in [1.807, 2.05) is 0 Å². The van der Waals surface area contributed by atoms with Gasteiger partial charge in [-0.3, -0.25) is 4.79 Å². The van der Waals surface area contributed by atoms with Gasteiger partial charge < -0.3 is 19.1 Å². The molecule has 0 aliphatic carbocycles. The molecule has 0 saturated carbocycles. The van der Waals surface area contributed by atoms with Crippen LogP contribution in [-0.2, 0) is 19.4 Å². The number of carbonyl (C=O) groups excluding carboxylic acids is 2. The summed E-state index contributed by atoms with van der Waals surface area (Å²) in [5.41, 5.74) is 0.0943. The maximum atomic E-state index is 12.4. The van der Waals surface area contributed by atoms with Gasteiger partial charge in [-0.15, -0.1) is 0 Å². The van der Waals surface area contributed by atoms with E-state index in [4.69, 9.17) is 14.2 Å². The summed E-state index contributed by atoms with van der Waals surface area (Å²) >= 11 is 0. The van der Waals surface area contributed by atoms with Gasteiger partial charge in [0, 0.05) is 12.6 Å². The zero-order valence-corrected chi connectivity index (χ0v) is 15.9.